The van der Waals surface area contributed by atoms with Crippen LogP contribution in [0.3, 0.4) is 0 Å². The molecular weight excluding hydrogens is 336 g/mol. The van der Waals surface area contributed by atoms with Crippen LogP contribution in [-0.2, 0) is 11.2 Å². The van der Waals surface area contributed by atoms with E-state index in [9.17, 15) is 4.79 Å². The minimum atomic E-state index is -0.0966. The van der Waals surface area contributed by atoms with Crippen LogP contribution in [0.5, 0.6) is 5.75 Å². The van der Waals surface area contributed by atoms with Crippen molar-refractivity contribution in [2.75, 3.05) is 12.4 Å². The molecule has 5 heteroatoms. The van der Waals surface area contributed by atoms with Gasteiger partial charge >= 0.3 is 0 Å². The summed E-state index contributed by atoms with van der Waals surface area (Å²) < 4.78 is 5.30. The lowest BCUT2D eigenvalue weighted by atomic mass is 10.1. The zero-order valence-electron chi connectivity index (χ0n) is 14.8. The second-order valence-electron chi connectivity index (χ2n) is 6.30. The van der Waals surface area contributed by atoms with Crippen LogP contribution >= 0.6 is 11.6 Å². The van der Waals surface area contributed by atoms with E-state index in [1.807, 2.05) is 51.1 Å². The summed E-state index contributed by atoms with van der Waals surface area (Å²) in [7, 11) is 1.63. The van der Waals surface area contributed by atoms with Crippen molar-refractivity contribution in [1.82, 2.24) is 4.98 Å². The number of nitrogens with one attached hydrogen (secondary N) is 2. The Morgan fingerprint density at radius 1 is 1.20 bits per heavy atom. The number of carbonyl (C=O) groups is 1. The molecule has 0 atom stereocenters. The first-order chi connectivity index (χ1) is 11.9. The Kier molecular flexibility index (Phi) is 4.73. The lowest BCUT2D eigenvalue weighted by Gasteiger charge is -2.12. The van der Waals surface area contributed by atoms with Gasteiger partial charge in [-0.15, -0.1) is 0 Å². The topological polar surface area (TPSA) is 54.1 Å². The van der Waals surface area contributed by atoms with Gasteiger partial charge in [0.1, 0.15) is 5.75 Å². The SMILES string of the molecule is COc1ccc2[nH]c(C)c(CC(=O)Nc3c(C)cc(C)cc3Cl)c2c1. The number of aryl methyl sites for hydroxylation is 3. The molecule has 0 aliphatic heterocycles. The number of fused-ring (bicyclic) bond motifs is 1. The van der Waals surface area contributed by atoms with Gasteiger partial charge in [0.2, 0.25) is 5.91 Å². The number of benzene rings is 2. The number of halogens is 1. The highest BCUT2D eigenvalue weighted by atomic mass is 35.5. The number of H-pyrrole nitrogens is 1. The van der Waals surface area contributed by atoms with Gasteiger partial charge in [0.05, 0.1) is 24.2 Å². The van der Waals surface area contributed by atoms with Gasteiger partial charge in [-0.2, -0.15) is 0 Å². The Hall–Kier alpha value is -2.46. The molecule has 0 aliphatic carbocycles. The first kappa shape index (κ1) is 17.4. The highest BCUT2D eigenvalue weighted by Crippen LogP contribution is 2.29. The molecule has 0 saturated heterocycles. The predicted molar refractivity (Wildman–Crippen MR) is 103 cm³/mol. The van der Waals surface area contributed by atoms with E-state index in [4.69, 9.17) is 16.3 Å². The Balaban J connectivity index is 1.89. The van der Waals surface area contributed by atoms with Crippen LogP contribution < -0.4 is 10.1 Å². The molecule has 2 aromatic carbocycles. The number of carbonyl (C=O) groups excluding carboxylic acids is 1. The molecule has 0 unspecified atom stereocenters. The molecule has 3 rings (SSSR count). The monoisotopic (exact) mass is 356 g/mol. The number of methoxy groups -OCH3 is 1. The van der Waals surface area contributed by atoms with Crippen LogP contribution in [0.1, 0.15) is 22.4 Å². The van der Waals surface area contributed by atoms with Gasteiger partial charge in [-0.3, -0.25) is 4.79 Å². The molecule has 3 aromatic rings. The summed E-state index contributed by atoms with van der Waals surface area (Å²) in [5, 5.41) is 4.51. The minimum Gasteiger partial charge on any atom is -0.497 e. The molecule has 0 spiro atoms. The third-order valence-corrected chi connectivity index (χ3v) is 4.66. The Morgan fingerprint density at radius 2 is 1.96 bits per heavy atom. The van der Waals surface area contributed by atoms with Crippen LogP contribution in [0.2, 0.25) is 5.02 Å². The fraction of sp³-hybridized carbons (Fsp3) is 0.250. The van der Waals surface area contributed by atoms with Crippen molar-refractivity contribution in [2.45, 2.75) is 27.2 Å². The quantitative estimate of drug-likeness (QED) is 0.695. The van der Waals surface area contributed by atoms with E-state index in [1.54, 1.807) is 7.11 Å². The number of rotatable bonds is 4. The van der Waals surface area contributed by atoms with Gasteiger partial charge in [0.15, 0.2) is 0 Å². The Labute approximate surface area is 152 Å². The Bertz CT molecular complexity index is 937. The molecule has 0 aliphatic rings. The third kappa shape index (κ3) is 3.49. The van der Waals surface area contributed by atoms with Crippen molar-refractivity contribution in [3.05, 3.63) is 57.7 Å². The maximum atomic E-state index is 12.6. The lowest BCUT2D eigenvalue weighted by Crippen LogP contribution is -2.16. The molecule has 0 saturated carbocycles. The van der Waals surface area contributed by atoms with Crippen molar-refractivity contribution in [2.24, 2.45) is 0 Å². The van der Waals surface area contributed by atoms with Gasteiger partial charge < -0.3 is 15.0 Å². The smallest absolute Gasteiger partial charge is 0.228 e. The van der Waals surface area contributed by atoms with E-state index >= 15 is 0 Å². The molecular formula is C20H21ClN2O2. The van der Waals surface area contributed by atoms with Crippen molar-refractivity contribution in [3.8, 4) is 5.75 Å². The third-order valence-electron chi connectivity index (χ3n) is 4.36. The molecule has 1 amide bonds. The number of hydrogen-bond acceptors (Lipinski definition) is 2. The summed E-state index contributed by atoms with van der Waals surface area (Å²) >= 11 is 6.29. The molecule has 0 radical (unpaired) electrons. The van der Waals surface area contributed by atoms with Gasteiger partial charge in [0.25, 0.3) is 0 Å². The van der Waals surface area contributed by atoms with Gasteiger partial charge in [-0.05, 0) is 61.7 Å². The standard InChI is InChI=1S/C20H21ClN2O2/c1-11-7-12(2)20(17(21)8-11)23-19(24)10-15-13(3)22-18-6-5-14(25-4)9-16(15)18/h5-9,22H,10H2,1-4H3,(H,23,24). The summed E-state index contributed by atoms with van der Waals surface area (Å²) in [6, 6.07) is 9.67. The summed E-state index contributed by atoms with van der Waals surface area (Å²) in [4.78, 5) is 15.9. The van der Waals surface area contributed by atoms with Crippen molar-refractivity contribution in [3.63, 3.8) is 0 Å². The van der Waals surface area contributed by atoms with E-state index < -0.39 is 0 Å². The molecule has 130 valence electrons. The fourth-order valence-electron chi connectivity index (χ4n) is 3.13. The van der Waals surface area contributed by atoms with Crippen LogP contribution in [0.4, 0.5) is 5.69 Å². The van der Waals surface area contributed by atoms with E-state index in [2.05, 4.69) is 10.3 Å². The second kappa shape index (κ2) is 6.81. The van der Waals surface area contributed by atoms with Crippen LogP contribution in [-0.4, -0.2) is 18.0 Å². The van der Waals surface area contributed by atoms with Crippen molar-refractivity contribution >= 4 is 34.1 Å². The predicted octanol–water partition coefficient (Wildman–Crippen LogP) is 4.94. The summed E-state index contributed by atoms with van der Waals surface area (Å²) in [6.45, 7) is 5.89. The van der Waals surface area contributed by atoms with E-state index in [-0.39, 0.29) is 12.3 Å². The van der Waals surface area contributed by atoms with Crippen LogP contribution in [0.15, 0.2) is 30.3 Å². The summed E-state index contributed by atoms with van der Waals surface area (Å²) in [5.41, 5.74) is 5.63. The van der Waals surface area contributed by atoms with Crippen molar-refractivity contribution in [1.29, 1.82) is 0 Å². The number of aromatic amines is 1. The lowest BCUT2D eigenvalue weighted by molar-refractivity contribution is -0.115. The van der Waals surface area contributed by atoms with E-state index in [1.165, 1.54) is 0 Å². The molecule has 0 fully saturated rings. The molecule has 1 aromatic heterocycles. The van der Waals surface area contributed by atoms with E-state index in [0.717, 1.165) is 39.0 Å². The first-order valence-corrected chi connectivity index (χ1v) is 8.48. The summed E-state index contributed by atoms with van der Waals surface area (Å²) in [6.07, 6.45) is 0.267. The largest absolute Gasteiger partial charge is 0.497 e. The Morgan fingerprint density at radius 3 is 2.64 bits per heavy atom. The summed E-state index contributed by atoms with van der Waals surface area (Å²) in [5.74, 6) is 0.672. The van der Waals surface area contributed by atoms with E-state index in [0.29, 0.717) is 10.7 Å². The first-order valence-electron chi connectivity index (χ1n) is 8.11. The average Bonchev–Trinajstić information content (AvgIpc) is 2.86. The average molecular weight is 357 g/mol. The van der Waals surface area contributed by atoms with Gasteiger partial charge in [-0.25, -0.2) is 0 Å². The van der Waals surface area contributed by atoms with Gasteiger partial charge in [0, 0.05) is 16.6 Å². The number of hydrogen-bond donors (Lipinski definition) is 2. The highest BCUT2D eigenvalue weighted by molar-refractivity contribution is 6.34. The number of anilines is 1. The van der Waals surface area contributed by atoms with Crippen molar-refractivity contribution < 1.29 is 9.53 Å². The molecule has 4 nitrogen and oxygen atoms in total. The number of ether oxygens (including phenoxy) is 1. The minimum absolute atomic E-state index is 0.0966. The molecule has 25 heavy (non-hydrogen) atoms. The normalized spacial score (nSPS) is 10.9. The zero-order chi connectivity index (χ0) is 18.1. The molecule has 2 N–H and O–H groups in total. The maximum Gasteiger partial charge on any atom is 0.228 e. The number of amides is 1. The van der Waals surface area contributed by atoms with Gasteiger partial charge in [-0.1, -0.05) is 17.7 Å². The highest BCUT2D eigenvalue weighted by Gasteiger charge is 2.15. The second-order valence-corrected chi connectivity index (χ2v) is 6.71. The zero-order valence-corrected chi connectivity index (χ0v) is 15.5. The number of aromatic nitrogens is 1. The maximum absolute atomic E-state index is 12.6. The molecule has 0 bridgehead atoms. The molecule has 1 heterocycles. The van der Waals surface area contributed by atoms with Crippen LogP contribution in [0, 0.1) is 20.8 Å². The fourth-order valence-corrected chi connectivity index (χ4v) is 3.50. The van der Waals surface area contributed by atoms with Crippen LogP contribution in [0.25, 0.3) is 10.9 Å².